The smallest absolute Gasteiger partial charge is 0.408 e. The molecular weight excluding hydrogens is 420 g/mol. The standard InChI is InChI=1S/C26H32N2O5/c1-32-25(30)23(21-15-9-4-10-16-21)28-24(29)22(17-19-11-5-2-6-12-19)27-26(31)33-18-20-13-7-3-8-14-20/h2-3,5-8,11-14,21-23H,4,9-10,15-18H2,1H3,(H,27,31)(H,28,29)/t22-,23+/m1/s1. The van der Waals surface area contributed by atoms with Gasteiger partial charge in [0.05, 0.1) is 7.11 Å². The van der Waals surface area contributed by atoms with E-state index in [9.17, 15) is 14.4 Å². The topological polar surface area (TPSA) is 93.7 Å². The van der Waals surface area contributed by atoms with Crippen molar-refractivity contribution >= 4 is 18.0 Å². The highest BCUT2D eigenvalue weighted by Gasteiger charge is 2.34. The van der Waals surface area contributed by atoms with Gasteiger partial charge in [0.2, 0.25) is 5.91 Å². The van der Waals surface area contributed by atoms with Crippen molar-refractivity contribution < 1.29 is 23.9 Å². The fraction of sp³-hybridized carbons (Fsp3) is 0.423. The fourth-order valence-electron chi connectivity index (χ4n) is 4.18. The molecular formula is C26H32N2O5. The summed E-state index contributed by atoms with van der Waals surface area (Å²) >= 11 is 0. The number of esters is 1. The quantitative estimate of drug-likeness (QED) is 0.565. The zero-order valence-corrected chi connectivity index (χ0v) is 19.0. The highest BCUT2D eigenvalue weighted by molar-refractivity contribution is 5.90. The monoisotopic (exact) mass is 452 g/mol. The van der Waals surface area contributed by atoms with Crippen LogP contribution in [0.1, 0.15) is 43.2 Å². The second-order valence-corrected chi connectivity index (χ2v) is 8.36. The zero-order chi connectivity index (χ0) is 23.5. The number of amides is 2. The molecule has 0 spiro atoms. The van der Waals surface area contributed by atoms with Crippen LogP contribution in [0.2, 0.25) is 0 Å². The number of methoxy groups -OCH3 is 1. The highest BCUT2D eigenvalue weighted by Crippen LogP contribution is 2.27. The number of carbonyl (C=O) groups is 3. The van der Waals surface area contributed by atoms with Crippen LogP contribution in [0.5, 0.6) is 0 Å². The van der Waals surface area contributed by atoms with Crippen LogP contribution in [-0.2, 0) is 32.1 Å². The van der Waals surface area contributed by atoms with Crippen LogP contribution in [0.3, 0.4) is 0 Å². The first-order chi connectivity index (χ1) is 16.1. The van der Waals surface area contributed by atoms with Gasteiger partial charge in [-0.3, -0.25) is 4.79 Å². The molecule has 1 saturated carbocycles. The van der Waals surface area contributed by atoms with Crippen molar-refractivity contribution in [3.8, 4) is 0 Å². The number of hydrogen-bond donors (Lipinski definition) is 2. The first kappa shape index (κ1) is 24.3. The molecule has 0 aliphatic heterocycles. The van der Waals surface area contributed by atoms with E-state index in [1.807, 2.05) is 60.7 Å². The van der Waals surface area contributed by atoms with Crippen LogP contribution in [0.4, 0.5) is 4.79 Å². The summed E-state index contributed by atoms with van der Waals surface area (Å²) in [5.74, 6) is -0.866. The van der Waals surface area contributed by atoms with Crippen molar-refractivity contribution in [1.29, 1.82) is 0 Å². The average Bonchev–Trinajstić information content (AvgIpc) is 2.87. The Morgan fingerprint density at radius 2 is 1.48 bits per heavy atom. The molecule has 0 unspecified atom stereocenters. The van der Waals surface area contributed by atoms with Gasteiger partial charge in [-0.1, -0.05) is 79.9 Å². The van der Waals surface area contributed by atoms with E-state index in [1.54, 1.807) is 0 Å². The number of nitrogens with one attached hydrogen (secondary N) is 2. The first-order valence-electron chi connectivity index (χ1n) is 11.5. The van der Waals surface area contributed by atoms with Crippen LogP contribution in [-0.4, -0.2) is 37.2 Å². The molecule has 1 aliphatic carbocycles. The van der Waals surface area contributed by atoms with Gasteiger partial charge < -0.3 is 20.1 Å². The summed E-state index contributed by atoms with van der Waals surface area (Å²) in [6.45, 7) is 0.0964. The van der Waals surface area contributed by atoms with Crippen molar-refractivity contribution in [3.63, 3.8) is 0 Å². The van der Waals surface area contributed by atoms with Crippen LogP contribution in [0, 0.1) is 5.92 Å². The fourth-order valence-corrected chi connectivity index (χ4v) is 4.18. The van der Waals surface area contributed by atoms with Gasteiger partial charge in [-0.15, -0.1) is 0 Å². The predicted molar refractivity (Wildman–Crippen MR) is 124 cm³/mol. The SMILES string of the molecule is COC(=O)[C@@H](NC(=O)[C@@H](Cc1ccccc1)NC(=O)OCc1ccccc1)C1CCCCC1. The number of alkyl carbamates (subject to hydrolysis) is 1. The van der Waals surface area contributed by atoms with E-state index in [1.165, 1.54) is 7.11 Å². The Bertz CT molecular complexity index is 897. The third kappa shape index (κ3) is 7.63. The van der Waals surface area contributed by atoms with E-state index in [0.29, 0.717) is 0 Å². The molecule has 2 amide bonds. The molecule has 2 N–H and O–H groups in total. The van der Waals surface area contributed by atoms with Gasteiger partial charge in [-0.2, -0.15) is 0 Å². The summed E-state index contributed by atoms with van der Waals surface area (Å²) in [5.41, 5.74) is 1.73. The number of hydrogen-bond acceptors (Lipinski definition) is 5. The highest BCUT2D eigenvalue weighted by atomic mass is 16.5. The van der Waals surface area contributed by atoms with E-state index in [0.717, 1.165) is 43.2 Å². The lowest BCUT2D eigenvalue weighted by Gasteiger charge is -2.30. The van der Waals surface area contributed by atoms with Crippen molar-refractivity contribution in [1.82, 2.24) is 10.6 Å². The van der Waals surface area contributed by atoms with Gasteiger partial charge in [0.1, 0.15) is 18.7 Å². The minimum absolute atomic E-state index is 0.0255. The number of carbonyl (C=O) groups excluding carboxylic acids is 3. The lowest BCUT2D eigenvalue weighted by atomic mass is 9.83. The molecule has 0 saturated heterocycles. The van der Waals surface area contributed by atoms with Gasteiger partial charge in [-0.05, 0) is 29.9 Å². The van der Waals surface area contributed by atoms with E-state index in [4.69, 9.17) is 9.47 Å². The number of ether oxygens (including phenoxy) is 2. The van der Waals surface area contributed by atoms with E-state index in [2.05, 4.69) is 10.6 Å². The average molecular weight is 453 g/mol. The second-order valence-electron chi connectivity index (χ2n) is 8.36. The molecule has 1 aliphatic rings. The molecule has 7 heteroatoms. The Balaban J connectivity index is 1.69. The normalized spacial score (nSPS) is 15.7. The minimum Gasteiger partial charge on any atom is -0.467 e. The van der Waals surface area contributed by atoms with Crippen molar-refractivity contribution in [2.45, 2.75) is 57.2 Å². The lowest BCUT2D eigenvalue weighted by Crippen LogP contribution is -2.55. The maximum absolute atomic E-state index is 13.2. The second kappa shape index (κ2) is 12.6. The zero-order valence-electron chi connectivity index (χ0n) is 19.0. The molecule has 2 aromatic carbocycles. The summed E-state index contributed by atoms with van der Waals surface area (Å²) in [7, 11) is 1.32. The summed E-state index contributed by atoms with van der Waals surface area (Å²) in [4.78, 5) is 38.2. The van der Waals surface area contributed by atoms with E-state index < -0.39 is 30.1 Å². The molecule has 3 rings (SSSR count). The molecule has 0 heterocycles. The van der Waals surface area contributed by atoms with Gasteiger partial charge in [-0.25, -0.2) is 9.59 Å². The first-order valence-corrected chi connectivity index (χ1v) is 11.5. The summed E-state index contributed by atoms with van der Waals surface area (Å²) in [5, 5.41) is 5.53. The van der Waals surface area contributed by atoms with Gasteiger partial charge in [0.15, 0.2) is 0 Å². The Labute approximate surface area is 194 Å². The molecule has 7 nitrogen and oxygen atoms in total. The summed E-state index contributed by atoms with van der Waals surface area (Å²) < 4.78 is 10.3. The van der Waals surface area contributed by atoms with Gasteiger partial charge in [0.25, 0.3) is 0 Å². The Morgan fingerprint density at radius 3 is 2.09 bits per heavy atom. The molecule has 2 atom stereocenters. The van der Waals surface area contributed by atoms with E-state index in [-0.39, 0.29) is 18.9 Å². The Morgan fingerprint density at radius 1 is 0.879 bits per heavy atom. The largest absolute Gasteiger partial charge is 0.467 e. The predicted octanol–water partition coefficient (Wildman–Crippen LogP) is 3.76. The lowest BCUT2D eigenvalue weighted by molar-refractivity contribution is -0.147. The molecule has 0 bridgehead atoms. The number of rotatable bonds is 9. The third-order valence-electron chi connectivity index (χ3n) is 5.98. The molecule has 176 valence electrons. The van der Waals surface area contributed by atoms with Crippen LogP contribution in [0.25, 0.3) is 0 Å². The van der Waals surface area contributed by atoms with Gasteiger partial charge >= 0.3 is 12.1 Å². The molecule has 0 radical (unpaired) electrons. The molecule has 1 fully saturated rings. The minimum atomic E-state index is -0.897. The Hall–Kier alpha value is -3.35. The maximum Gasteiger partial charge on any atom is 0.408 e. The summed E-state index contributed by atoms with van der Waals surface area (Å²) in [6.07, 6.45) is 4.46. The van der Waals surface area contributed by atoms with Crippen molar-refractivity contribution in [2.24, 2.45) is 5.92 Å². The van der Waals surface area contributed by atoms with Gasteiger partial charge in [0, 0.05) is 6.42 Å². The third-order valence-corrected chi connectivity index (χ3v) is 5.98. The molecule has 33 heavy (non-hydrogen) atoms. The molecule has 0 aromatic heterocycles. The molecule has 2 aromatic rings. The van der Waals surface area contributed by atoms with Crippen LogP contribution in [0.15, 0.2) is 60.7 Å². The number of benzene rings is 2. The maximum atomic E-state index is 13.2. The van der Waals surface area contributed by atoms with Crippen LogP contribution < -0.4 is 10.6 Å². The van der Waals surface area contributed by atoms with Crippen molar-refractivity contribution in [2.75, 3.05) is 7.11 Å². The Kier molecular flexibility index (Phi) is 9.30. The van der Waals surface area contributed by atoms with Crippen molar-refractivity contribution in [3.05, 3.63) is 71.8 Å². The van der Waals surface area contributed by atoms with Crippen LogP contribution >= 0.6 is 0 Å². The summed E-state index contributed by atoms with van der Waals surface area (Å²) in [6, 6.07) is 17.1. The van der Waals surface area contributed by atoms with E-state index >= 15 is 0 Å².